The third-order valence-corrected chi connectivity index (χ3v) is 3.65. The van der Waals surface area contributed by atoms with Gasteiger partial charge in [0.15, 0.2) is 0 Å². The van der Waals surface area contributed by atoms with Crippen molar-refractivity contribution in [2.24, 2.45) is 0 Å². The Hall–Kier alpha value is -1.91. The number of aromatic nitrogens is 1. The van der Waals surface area contributed by atoms with Gasteiger partial charge in [0.2, 0.25) is 5.79 Å². The van der Waals surface area contributed by atoms with Crippen LogP contribution in [0.1, 0.15) is 30.7 Å². The average Bonchev–Trinajstić information content (AvgIpc) is 2.48. The molecule has 0 amide bonds. The van der Waals surface area contributed by atoms with Crippen LogP contribution in [0.5, 0.6) is 5.75 Å². The third kappa shape index (κ3) is 2.52. The number of aliphatic hydroxyl groups is 1. The average molecular weight is 285 g/mol. The molecule has 0 saturated heterocycles. The van der Waals surface area contributed by atoms with Crippen LogP contribution >= 0.6 is 0 Å². The van der Waals surface area contributed by atoms with Crippen LogP contribution in [0, 0.1) is 6.92 Å². The van der Waals surface area contributed by atoms with E-state index in [0.29, 0.717) is 6.61 Å². The van der Waals surface area contributed by atoms with Crippen molar-refractivity contribution in [2.75, 3.05) is 0 Å². The summed E-state index contributed by atoms with van der Waals surface area (Å²) >= 11 is 0. The van der Waals surface area contributed by atoms with E-state index in [9.17, 15) is 5.11 Å². The minimum Gasteiger partial charge on any atom is -0.461 e. The first-order valence-electron chi connectivity index (χ1n) is 7.03. The van der Waals surface area contributed by atoms with E-state index in [0.717, 1.165) is 33.8 Å². The first kappa shape index (κ1) is 14.0. The molecule has 0 atom stereocenters. The van der Waals surface area contributed by atoms with E-state index in [1.165, 1.54) is 0 Å². The number of pyridine rings is 1. The summed E-state index contributed by atoms with van der Waals surface area (Å²) in [6, 6.07) is 9.86. The molecule has 0 bridgehead atoms. The number of benzene rings is 1. The van der Waals surface area contributed by atoms with Crippen molar-refractivity contribution < 1.29 is 14.6 Å². The second kappa shape index (κ2) is 5.13. The molecule has 0 radical (unpaired) electrons. The molecule has 2 heterocycles. The number of hydrogen-bond acceptors (Lipinski definition) is 4. The van der Waals surface area contributed by atoms with Gasteiger partial charge in [-0.2, -0.15) is 0 Å². The molecule has 0 fully saturated rings. The number of aryl methyl sites for hydroxylation is 1. The molecule has 0 unspecified atom stereocenters. The summed E-state index contributed by atoms with van der Waals surface area (Å²) in [7, 11) is 0. The summed E-state index contributed by atoms with van der Waals surface area (Å²) in [6.45, 7) is 6.00. The van der Waals surface area contributed by atoms with Crippen molar-refractivity contribution in [1.82, 2.24) is 4.98 Å². The minimum atomic E-state index is -0.666. The van der Waals surface area contributed by atoms with Crippen LogP contribution in [-0.4, -0.2) is 15.9 Å². The zero-order valence-electron chi connectivity index (χ0n) is 12.5. The maximum atomic E-state index is 9.81. The van der Waals surface area contributed by atoms with Crippen LogP contribution in [0.4, 0.5) is 0 Å². The highest BCUT2D eigenvalue weighted by Gasteiger charge is 2.31. The lowest BCUT2D eigenvalue weighted by Gasteiger charge is -2.34. The van der Waals surface area contributed by atoms with E-state index in [1.54, 1.807) is 0 Å². The predicted octanol–water partition coefficient (Wildman–Crippen LogP) is 3.19. The monoisotopic (exact) mass is 285 g/mol. The molecule has 1 aromatic heterocycles. The second-order valence-corrected chi connectivity index (χ2v) is 5.65. The van der Waals surface area contributed by atoms with Gasteiger partial charge in [0.25, 0.3) is 0 Å². The van der Waals surface area contributed by atoms with Gasteiger partial charge in [-0.1, -0.05) is 30.3 Å². The molecule has 110 valence electrons. The van der Waals surface area contributed by atoms with E-state index < -0.39 is 5.79 Å². The van der Waals surface area contributed by atoms with Crippen LogP contribution in [0.2, 0.25) is 0 Å². The Morgan fingerprint density at radius 3 is 2.62 bits per heavy atom. The Morgan fingerprint density at radius 2 is 1.95 bits per heavy atom. The highest BCUT2D eigenvalue weighted by Crippen LogP contribution is 2.39. The van der Waals surface area contributed by atoms with Crippen LogP contribution in [0.15, 0.2) is 30.3 Å². The number of ether oxygens (including phenoxy) is 2. The zero-order chi connectivity index (χ0) is 15.0. The largest absolute Gasteiger partial charge is 0.461 e. The van der Waals surface area contributed by atoms with Crippen LogP contribution in [-0.2, 0) is 18.0 Å². The normalized spacial score (nSPS) is 16.2. The number of hydrogen-bond donors (Lipinski definition) is 1. The molecule has 0 spiro atoms. The number of aliphatic hydroxyl groups excluding tert-OH is 1. The molecule has 3 rings (SSSR count). The summed E-state index contributed by atoms with van der Waals surface area (Å²) in [6.07, 6.45) is 0. The fourth-order valence-electron chi connectivity index (χ4n) is 2.60. The Balaban J connectivity index is 2.19. The summed E-state index contributed by atoms with van der Waals surface area (Å²) in [5, 5.41) is 9.81. The van der Waals surface area contributed by atoms with Crippen LogP contribution in [0.25, 0.3) is 11.3 Å². The van der Waals surface area contributed by atoms with E-state index in [4.69, 9.17) is 9.47 Å². The highest BCUT2D eigenvalue weighted by molar-refractivity contribution is 5.67. The molecule has 4 heteroatoms. The Morgan fingerprint density at radius 1 is 1.24 bits per heavy atom. The van der Waals surface area contributed by atoms with Crippen molar-refractivity contribution >= 4 is 0 Å². The molecule has 1 aliphatic heterocycles. The van der Waals surface area contributed by atoms with Gasteiger partial charge in [-0.15, -0.1) is 0 Å². The molecule has 0 aliphatic carbocycles. The van der Waals surface area contributed by atoms with E-state index in [1.807, 2.05) is 51.1 Å². The predicted molar refractivity (Wildman–Crippen MR) is 79.8 cm³/mol. The molecule has 21 heavy (non-hydrogen) atoms. The topological polar surface area (TPSA) is 51.6 Å². The lowest BCUT2D eigenvalue weighted by molar-refractivity contribution is -0.181. The number of fused-ring (bicyclic) bond motifs is 1. The van der Waals surface area contributed by atoms with Gasteiger partial charge >= 0.3 is 0 Å². The van der Waals surface area contributed by atoms with Crippen molar-refractivity contribution in [3.63, 3.8) is 0 Å². The Bertz CT molecular complexity index is 665. The smallest absolute Gasteiger partial charge is 0.205 e. The highest BCUT2D eigenvalue weighted by atomic mass is 16.7. The SMILES string of the molecule is Cc1nc(-c2ccccc2)c(CO)c2c1OC(C)(C)OC2. The fourth-order valence-corrected chi connectivity index (χ4v) is 2.60. The summed E-state index contributed by atoms with van der Waals surface area (Å²) in [5.74, 6) is 0.0652. The van der Waals surface area contributed by atoms with E-state index in [2.05, 4.69) is 4.98 Å². The van der Waals surface area contributed by atoms with Gasteiger partial charge in [0.1, 0.15) is 5.75 Å². The van der Waals surface area contributed by atoms with Crippen molar-refractivity contribution in [1.29, 1.82) is 0 Å². The van der Waals surface area contributed by atoms with Crippen molar-refractivity contribution in [3.8, 4) is 17.0 Å². The third-order valence-electron chi connectivity index (χ3n) is 3.65. The maximum absolute atomic E-state index is 9.81. The molecular weight excluding hydrogens is 266 g/mol. The molecule has 1 aromatic carbocycles. The lowest BCUT2D eigenvalue weighted by atomic mass is 9.99. The first-order valence-corrected chi connectivity index (χ1v) is 7.03. The van der Waals surface area contributed by atoms with Gasteiger partial charge in [-0.25, -0.2) is 4.98 Å². The van der Waals surface area contributed by atoms with Gasteiger partial charge in [0.05, 0.1) is 24.6 Å². The summed E-state index contributed by atoms with van der Waals surface area (Å²) in [5.41, 5.74) is 4.26. The molecular formula is C17H19NO3. The van der Waals surface area contributed by atoms with Crippen LogP contribution in [0.3, 0.4) is 0 Å². The number of rotatable bonds is 2. The first-order chi connectivity index (χ1) is 10.0. The van der Waals surface area contributed by atoms with Gasteiger partial charge < -0.3 is 14.6 Å². The molecule has 4 nitrogen and oxygen atoms in total. The summed E-state index contributed by atoms with van der Waals surface area (Å²) in [4.78, 5) is 4.65. The quantitative estimate of drug-likeness (QED) is 0.920. The Labute approximate surface area is 124 Å². The summed E-state index contributed by atoms with van der Waals surface area (Å²) < 4.78 is 11.6. The van der Waals surface area contributed by atoms with Crippen molar-refractivity contribution in [3.05, 3.63) is 47.2 Å². The maximum Gasteiger partial charge on any atom is 0.205 e. The second-order valence-electron chi connectivity index (χ2n) is 5.65. The standard InChI is InChI=1S/C17H19NO3/c1-11-16-14(10-20-17(2,3)21-16)13(9-19)15(18-11)12-7-5-4-6-8-12/h4-8,19H,9-10H2,1-3H3. The van der Waals surface area contributed by atoms with Gasteiger partial charge in [0, 0.05) is 30.5 Å². The minimum absolute atomic E-state index is 0.0903. The Kier molecular flexibility index (Phi) is 3.43. The van der Waals surface area contributed by atoms with Crippen LogP contribution < -0.4 is 4.74 Å². The zero-order valence-corrected chi connectivity index (χ0v) is 12.5. The van der Waals surface area contributed by atoms with Crippen molar-refractivity contribution in [2.45, 2.75) is 39.8 Å². The van der Waals surface area contributed by atoms with E-state index >= 15 is 0 Å². The fraction of sp³-hybridized carbons (Fsp3) is 0.353. The lowest BCUT2D eigenvalue weighted by Crippen LogP contribution is -2.36. The molecule has 0 saturated carbocycles. The van der Waals surface area contributed by atoms with E-state index in [-0.39, 0.29) is 6.61 Å². The molecule has 2 aromatic rings. The van der Waals surface area contributed by atoms with Gasteiger partial charge in [-0.3, -0.25) is 0 Å². The van der Waals surface area contributed by atoms with Gasteiger partial charge in [-0.05, 0) is 6.92 Å². The number of nitrogens with zero attached hydrogens (tertiary/aromatic N) is 1. The molecule has 1 aliphatic rings. The molecule has 1 N–H and O–H groups in total.